The standard InChI is InChI=1S/C19H23NO4S/c1-12-10-14(18(21)22)11-17(13(12)2)25(23,24)20-16-8-6-15(7-9-16)19(3,4)5/h6-11,20H,1-5H3,(H,21,22). The fraction of sp³-hybridized carbons (Fsp3) is 0.316. The molecule has 0 aromatic heterocycles. The highest BCUT2D eigenvalue weighted by Crippen LogP contribution is 2.26. The number of rotatable bonds is 4. The van der Waals surface area contributed by atoms with Gasteiger partial charge in [-0.2, -0.15) is 0 Å². The van der Waals surface area contributed by atoms with Crippen LogP contribution >= 0.6 is 0 Å². The molecule has 0 aliphatic rings. The lowest BCUT2D eigenvalue weighted by Gasteiger charge is -2.19. The van der Waals surface area contributed by atoms with Crippen molar-refractivity contribution in [2.24, 2.45) is 0 Å². The first-order chi connectivity index (χ1) is 11.4. The van der Waals surface area contributed by atoms with Crippen LogP contribution in [0, 0.1) is 13.8 Å². The molecule has 0 fully saturated rings. The van der Waals surface area contributed by atoms with Crippen molar-refractivity contribution < 1.29 is 18.3 Å². The Morgan fingerprint density at radius 1 is 1.04 bits per heavy atom. The normalized spacial score (nSPS) is 12.0. The van der Waals surface area contributed by atoms with Crippen LogP contribution in [-0.2, 0) is 15.4 Å². The van der Waals surface area contributed by atoms with E-state index in [0.717, 1.165) is 5.56 Å². The maximum absolute atomic E-state index is 12.7. The van der Waals surface area contributed by atoms with E-state index in [1.165, 1.54) is 12.1 Å². The molecule has 2 N–H and O–H groups in total. The average Bonchev–Trinajstić information content (AvgIpc) is 2.48. The summed E-state index contributed by atoms with van der Waals surface area (Å²) < 4.78 is 28.0. The van der Waals surface area contributed by atoms with Gasteiger partial charge >= 0.3 is 5.97 Å². The molecule has 25 heavy (non-hydrogen) atoms. The third kappa shape index (κ3) is 4.20. The molecule has 0 amide bonds. The van der Waals surface area contributed by atoms with Crippen molar-refractivity contribution in [2.45, 2.75) is 44.9 Å². The van der Waals surface area contributed by atoms with Crippen molar-refractivity contribution in [3.05, 3.63) is 58.7 Å². The van der Waals surface area contributed by atoms with Crippen molar-refractivity contribution in [1.82, 2.24) is 0 Å². The molecule has 6 heteroatoms. The Kier molecular flexibility index (Phi) is 4.95. The van der Waals surface area contributed by atoms with Crippen LogP contribution < -0.4 is 4.72 Å². The fourth-order valence-corrected chi connectivity index (χ4v) is 3.88. The summed E-state index contributed by atoms with van der Waals surface area (Å²) in [6, 6.07) is 9.83. The summed E-state index contributed by atoms with van der Waals surface area (Å²) in [6.45, 7) is 9.60. The highest BCUT2D eigenvalue weighted by Gasteiger charge is 2.21. The SMILES string of the molecule is Cc1cc(C(=O)O)cc(S(=O)(=O)Nc2ccc(C(C)(C)C)cc2)c1C. The Morgan fingerprint density at radius 3 is 2.08 bits per heavy atom. The highest BCUT2D eigenvalue weighted by atomic mass is 32.2. The van der Waals surface area contributed by atoms with E-state index in [4.69, 9.17) is 0 Å². The number of aromatic carboxylic acids is 1. The Labute approximate surface area is 148 Å². The molecule has 134 valence electrons. The second kappa shape index (κ2) is 6.52. The lowest BCUT2D eigenvalue weighted by Crippen LogP contribution is -2.16. The number of benzene rings is 2. The molecular weight excluding hydrogens is 338 g/mol. The Balaban J connectivity index is 2.41. The van der Waals surface area contributed by atoms with Crippen LogP contribution in [0.25, 0.3) is 0 Å². The van der Waals surface area contributed by atoms with E-state index >= 15 is 0 Å². The first kappa shape index (κ1) is 19.0. The second-order valence-corrected chi connectivity index (χ2v) is 8.81. The highest BCUT2D eigenvalue weighted by molar-refractivity contribution is 7.92. The molecule has 0 heterocycles. The zero-order valence-electron chi connectivity index (χ0n) is 15.0. The van der Waals surface area contributed by atoms with Gasteiger partial charge in [-0.15, -0.1) is 0 Å². The maximum atomic E-state index is 12.7. The van der Waals surface area contributed by atoms with E-state index in [0.29, 0.717) is 16.8 Å². The second-order valence-electron chi connectivity index (χ2n) is 7.15. The zero-order valence-corrected chi connectivity index (χ0v) is 15.9. The predicted molar refractivity (Wildman–Crippen MR) is 98.8 cm³/mol. The number of carboxylic acid groups (broad SMARTS) is 1. The molecule has 0 saturated carbocycles. The third-order valence-electron chi connectivity index (χ3n) is 4.16. The molecule has 2 aromatic carbocycles. The molecular formula is C19H23NO4S. The largest absolute Gasteiger partial charge is 0.478 e. The number of hydrogen-bond donors (Lipinski definition) is 2. The van der Waals surface area contributed by atoms with Gasteiger partial charge in [-0.3, -0.25) is 4.72 Å². The zero-order chi connectivity index (χ0) is 19.0. The van der Waals surface area contributed by atoms with E-state index < -0.39 is 16.0 Å². The van der Waals surface area contributed by atoms with Crippen LogP contribution in [-0.4, -0.2) is 19.5 Å². The lowest BCUT2D eigenvalue weighted by molar-refractivity contribution is 0.0696. The average molecular weight is 361 g/mol. The number of aryl methyl sites for hydroxylation is 1. The van der Waals surface area contributed by atoms with Gasteiger partial charge in [-0.05, 0) is 60.2 Å². The quantitative estimate of drug-likeness (QED) is 0.859. The summed E-state index contributed by atoms with van der Waals surface area (Å²) >= 11 is 0. The molecule has 0 aliphatic carbocycles. The van der Waals surface area contributed by atoms with Gasteiger partial charge in [-0.25, -0.2) is 13.2 Å². The Bertz CT molecular complexity index is 908. The van der Waals surface area contributed by atoms with Gasteiger partial charge in [0.2, 0.25) is 0 Å². The Hall–Kier alpha value is -2.34. The topological polar surface area (TPSA) is 83.5 Å². The minimum absolute atomic E-state index is 0.0233. The van der Waals surface area contributed by atoms with E-state index in [-0.39, 0.29) is 15.9 Å². The van der Waals surface area contributed by atoms with Crippen molar-refractivity contribution in [1.29, 1.82) is 0 Å². The number of sulfonamides is 1. The van der Waals surface area contributed by atoms with Gasteiger partial charge in [0, 0.05) is 5.69 Å². The molecule has 0 unspecified atom stereocenters. The molecule has 0 saturated heterocycles. The van der Waals surface area contributed by atoms with Crippen LogP contribution in [0.3, 0.4) is 0 Å². The van der Waals surface area contributed by atoms with E-state index in [9.17, 15) is 18.3 Å². The summed E-state index contributed by atoms with van der Waals surface area (Å²) in [5.41, 5.74) is 2.60. The van der Waals surface area contributed by atoms with Gasteiger partial charge in [0.05, 0.1) is 10.5 Å². The molecule has 2 aromatic rings. The molecule has 0 radical (unpaired) electrons. The van der Waals surface area contributed by atoms with Gasteiger partial charge in [0.1, 0.15) is 0 Å². The van der Waals surface area contributed by atoms with Crippen LogP contribution in [0.4, 0.5) is 5.69 Å². The van der Waals surface area contributed by atoms with E-state index in [1.807, 2.05) is 12.1 Å². The Morgan fingerprint density at radius 2 is 1.60 bits per heavy atom. The van der Waals surface area contributed by atoms with Crippen molar-refractivity contribution in [2.75, 3.05) is 4.72 Å². The van der Waals surface area contributed by atoms with Crippen molar-refractivity contribution in [3.8, 4) is 0 Å². The van der Waals surface area contributed by atoms with Gasteiger partial charge in [0.25, 0.3) is 10.0 Å². The smallest absolute Gasteiger partial charge is 0.335 e. The molecule has 0 atom stereocenters. The summed E-state index contributed by atoms with van der Waals surface area (Å²) in [4.78, 5) is 11.2. The number of hydrogen-bond acceptors (Lipinski definition) is 3. The molecule has 5 nitrogen and oxygen atoms in total. The van der Waals surface area contributed by atoms with Crippen molar-refractivity contribution in [3.63, 3.8) is 0 Å². The van der Waals surface area contributed by atoms with Crippen LogP contribution in [0.1, 0.15) is 47.8 Å². The number of carbonyl (C=O) groups is 1. The van der Waals surface area contributed by atoms with Gasteiger partial charge in [-0.1, -0.05) is 32.9 Å². The molecule has 2 rings (SSSR count). The van der Waals surface area contributed by atoms with Crippen LogP contribution in [0.15, 0.2) is 41.3 Å². The summed E-state index contributed by atoms with van der Waals surface area (Å²) in [5.74, 6) is -1.16. The van der Waals surface area contributed by atoms with Crippen LogP contribution in [0.5, 0.6) is 0 Å². The number of anilines is 1. The number of nitrogens with one attached hydrogen (secondary N) is 1. The van der Waals surface area contributed by atoms with E-state index in [2.05, 4.69) is 25.5 Å². The van der Waals surface area contributed by atoms with E-state index in [1.54, 1.807) is 26.0 Å². The monoisotopic (exact) mass is 361 g/mol. The maximum Gasteiger partial charge on any atom is 0.335 e. The summed E-state index contributed by atoms with van der Waals surface area (Å²) in [5, 5.41) is 9.17. The van der Waals surface area contributed by atoms with Crippen LogP contribution in [0.2, 0.25) is 0 Å². The minimum atomic E-state index is -3.88. The molecule has 0 aliphatic heterocycles. The predicted octanol–water partition coefficient (Wildman–Crippen LogP) is 4.10. The summed E-state index contributed by atoms with van der Waals surface area (Å²) in [7, 11) is -3.88. The molecule has 0 bridgehead atoms. The molecule has 0 spiro atoms. The van der Waals surface area contributed by atoms with Crippen molar-refractivity contribution >= 4 is 21.7 Å². The fourth-order valence-electron chi connectivity index (χ4n) is 2.48. The summed E-state index contributed by atoms with van der Waals surface area (Å²) in [6.07, 6.45) is 0. The van der Waals surface area contributed by atoms with Gasteiger partial charge in [0.15, 0.2) is 0 Å². The lowest BCUT2D eigenvalue weighted by atomic mass is 9.87. The van der Waals surface area contributed by atoms with Gasteiger partial charge < -0.3 is 5.11 Å². The number of carboxylic acids is 1. The first-order valence-corrected chi connectivity index (χ1v) is 9.38. The first-order valence-electron chi connectivity index (χ1n) is 7.90. The third-order valence-corrected chi connectivity index (χ3v) is 5.67. The minimum Gasteiger partial charge on any atom is -0.478 e.